The molecule has 0 aliphatic heterocycles. The molecule has 108 valence electrons. The average Bonchev–Trinajstić information content (AvgIpc) is 2.37. The number of hydrogen-bond donors (Lipinski definition) is 2. The van der Waals surface area contributed by atoms with Gasteiger partial charge in [-0.3, -0.25) is 0 Å². The minimum absolute atomic E-state index is 0.186. The molecular weight excluding hydrogens is 264 g/mol. The van der Waals surface area contributed by atoms with E-state index in [-0.39, 0.29) is 17.5 Å². The quantitative estimate of drug-likeness (QED) is 0.849. The number of nitrogens with two attached hydrogens (primary N) is 1. The van der Waals surface area contributed by atoms with Gasteiger partial charge in [-0.25, -0.2) is 8.42 Å². The molecule has 3 N–H and O–H groups in total. The van der Waals surface area contributed by atoms with Crippen molar-refractivity contribution in [1.29, 1.82) is 0 Å². The second-order valence-electron chi connectivity index (χ2n) is 5.30. The Balaban J connectivity index is 3.24. The van der Waals surface area contributed by atoms with E-state index in [0.717, 1.165) is 5.56 Å². The summed E-state index contributed by atoms with van der Waals surface area (Å²) < 4.78 is 26.2. The average molecular weight is 286 g/mol. The van der Waals surface area contributed by atoms with Gasteiger partial charge in [0.25, 0.3) is 0 Å². The van der Waals surface area contributed by atoms with Gasteiger partial charge in [-0.15, -0.1) is 0 Å². The van der Waals surface area contributed by atoms with Crippen molar-refractivity contribution in [3.05, 3.63) is 29.8 Å². The molecule has 0 bridgehead atoms. The van der Waals surface area contributed by atoms with Crippen molar-refractivity contribution in [3.63, 3.8) is 0 Å². The highest BCUT2D eigenvalue weighted by atomic mass is 32.2. The molecule has 5 nitrogen and oxygen atoms in total. The summed E-state index contributed by atoms with van der Waals surface area (Å²) >= 11 is 0. The largest absolute Gasteiger partial charge is 0.394 e. The Bertz CT molecular complexity index is 539. The van der Waals surface area contributed by atoms with Crippen molar-refractivity contribution < 1.29 is 13.5 Å². The van der Waals surface area contributed by atoms with E-state index in [9.17, 15) is 13.5 Å². The van der Waals surface area contributed by atoms with Crippen LogP contribution in [0.25, 0.3) is 0 Å². The zero-order chi connectivity index (χ0) is 14.8. The number of aliphatic hydroxyl groups excluding tert-OH is 1. The van der Waals surface area contributed by atoms with Gasteiger partial charge in [0.15, 0.2) is 0 Å². The molecule has 19 heavy (non-hydrogen) atoms. The van der Waals surface area contributed by atoms with Gasteiger partial charge in [-0.1, -0.05) is 12.1 Å². The summed E-state index contributed by atoms with van der Waals surface area (Å²) in [5.74, 6) is 0. The molecule has 6 heteroatoms. The summed E-state index contributed by atoms with van der Waals surface area (Å²) in [5.41, 5.74) is 5.67. The van der Waals surface area contributed by atoms with Crippen molar-refractivity contribution in [1.82, 2.24) is 4.31 Å². The molecule has 1 rings (SSSR count). The fraction of sp³-hybridized carbons (Fsp3) is 0.538. The number of nitrogens with zero attached hydrogens (tertiary/aromatic N) is 1. The topological polar surface area (TPSA) is 83.6 Å². The predicted octanol–water partition coefficient (Wildman–Crippen LogP) is 1.10. The molecule has 1 aromatic rings. The lowest BCUT2D eigenvalue weighted by molar-refractivity contribution is 0.138. The van der Waals surface area contributed by atoms with Crippen molar-refractivity contribution in [3.8, 4) is 0 Å². The van der Waals surface area contributed by atoms with E-state index in [2.05, 4.69) is 0 Å². The number of rotatable bonds is 5. The molecule has 1 atom stereocenters. The second kappa shape index (κ2) is 5.58. The highest BCUT2D eigenvalue weighted by molar-refractivity contribution is 7.89. The molecule has 0 saturated heterocycles. The smallest absolute Gasteiger partial charge is 0.243 e. The Kier molecular flexibility index (Phi) is 4.73. The van der Waals surface area contributed by atoms with Crippen molar-refractivity contribution >= 4 is 10.0 Å². The Morgan fingerprint density at radius 2 is 2.00 bits per heavy atom. The summed E-state index contributed by atoms with van der Waals surface area (Å²) in [6.07, 6.45) is 0. The maximum absolute atomic E-state index is 12.5. The molecule has 0 radical (unpaired) electrons. The third-order valence-corrected chi connectivity index (χ3v) is 5.35. The van der Waals surface area contributed by atoms with Crippen LogP contribution >= 0.6 is 0 Å². The monoisotopic (exact) mass is 286 g/mol. The van der Waals surface area contributed by atoms with Crippen LogP contribution in [0, 0.1) is 0 Å². The molecule has 0 spiro atoms. The first kappa shape index (κ1) is 16.1. The molecule has 0 aliphatic carbocycles. The summed E-state index contributed by atoms with van der Waals surface area (Å²) in [6.45, 7) is 4.88. The van der Waals surface area contributed by atoms with Gasteiger partial charge < -0.3 is 10.8 Å². The first-order valence-electron chi connectivity index (χ1n) is 6.08. The van der Waals surface area contributed by atoms with Crippen LogP contribution in [-0.2, 0) is 10.0 Å². The van der Waals surface area contributed by atoms with E-state index in [4.69, 9.17) is 5.73 Å². The minimum Gasteiger partial charge on any atom is -0.394 e. The van der Waals surface area contributed by atoms with Crippen LogP contribution < -0.4 is 5.73 Å². The number of likely N-dealkylation sites (N-methyl/N-ethyl adjacent to an activating group) is 1. The molecule has 0 heterocycles. The molecule has 0 amide bonds. The molecule has 0 saturated carbocycles. The SMILES string of the molecule is CC(N)c1cccc(S(=O)(=O)N(C)C(C)(C)CO)c1. The number of aliphatic hydroxyl groups is 1. The lowest BCUT2D eigenvalue weighted by atomic mass is 10.1. The van der Waals surface area contributed by atoms with E-state index in [1.807, 2.05) is 0 Å². The van der Waals surface area contributed by atoms with Crippen LogP contribution in [0.1, 0.15) is 32.4 Å². The Hall–Kier alpha value is -0.950. The minimum atomic E-state index is -3.65. The van der Waals surface area contributed by atoms with E-state index < -0.39 is 15.6 Å². The van der Waals surface area contributed by atoms with E-state index in [1.165, 1.54) is 17.4 Å². The molecule has 0 aromatic heterocycles. The molecule has 1 unspecified atom stereocenters. The van der Waals surface area contributed by atoms with Crippen LogP contribution in [-0.4, -0.2) is 37.0 Å². The van der Waals surface area contributed by atoms with Crippen molar-refractivity contribution in [2.45, 2.75) is 37.2 Å². The normalized spacial score (nSPS) is 14.7. The third-order valence-electron chi connectivity index (χ3n) is 3.28. The lowest BCUT2D eigenvalue weighted by Crippen LogP contribution is -2.47. The van der Waals surface area contributed by atoms with Gasteiger partial charge in [0.2, 0.25) is 10.0 Å². The maximum Gasteiger partial charge on any atom is 0.243 e. The Labute approximate surface area is 115 Å². The van der Waals surface area contributed by atoms with Crippen LogP contribution in [0.5, 0.6) is 0 Å². The van der Waals surface area contributed by atoms with Crippen molar-refractivity contribution in [2.24, 2.45) is 5.73 Å². The van der Waals surface area contributed by atoms with Crippen LogP contribution in [0.15, 0.2) is 29.2 Å². The first-order valence-corrected chi connectivity index (χ1v) is 7.52. The summed E-state index contributed by atoms with van der Waals surface area (Å²) in [5, 5.41) is 9.29. The fourth-order valence-electron chi connectivity index (χ4n) is 1.54. The molecule has 0 fully saturated rings. The summed E-state index contributed by atoms with van der Waals surface area (Å²) in [7, 11) is -2.18. The highest BCUT2D eigenvalue weighted by Crippen LogP contribution is 2.24. The van der Waals surface area contributed by atoms with Crippen LogP contribution in [0.2, 0.25) is 0 Å². The zero-order valence-electron chi connectivity index (χ0n) is 11.8. The van der Waals surface area contributed by atoms with Gasteiger partial charge in [0, 0.05) is 13.1 Å². The van der Waals surface area contributed by atoms with Crippen molar-refractivity contribution in [2.75, 3.05) is 13.7 Å². The maximum atomic E-state index is 12.5. The van der Waals surface area contributed by atoms with E-state index in [1.54, 1.807) is 39.0 Å². The van der Waals surface area contributed by atoms with Crippen LogP contribution in [0.4, 0.5) is 0 Å². The lowest BCUT2D eigenvalue weighted by Gasteiger charge is -2.32. The molecule has 1 aromatic carbocycles. The zero-order valence-corrected chi connectivity index (χ0v) is 12.6. The first-order chi connectivity index (χ1) is 8.63. The van der Waals surface area contributed by atoms with Gasteiger partial charge in [-0.2, -0.15) is 4.31 Å². The second-order valence-corrected chi connectivity index (χ2v) is 7.27. The number of hydrogen-bond acceptors (Lipinski definition) is 4. The van der Waals surface area contributed by atoms with Gasteiger partial charge in [-0.05, 0) is 38.5 Å². The number of sulfonamides is 1. The third kappa shape index (κ3) is 3.33. The number of benzene rings is 1. The van der Waals surface area contributed by atoms with Gasteiger partial charge >= 0.3 is 0 Å². The summed E-state index contributed by atoms with van der Waals surface area (Å²) in [4.78, 5) is 0.186. The predicted molar refractivity (Wildman–Crippen MR) is 75.2 cm³/mol. The van der Waals surface area contributed by atoms with Gasteiger partial charge in [0.05, 0.1) is 17.0 Å². The molecular formula is C13H22N2O3S. The standard InChI is InChI=1S/C13H22N2O3S/c1-10(14)11-6-5-7-12(8-11)19(17,18)15(4)13(2,3)9-16/h5-8,10,16H,9,14H2,1-4H3. The highest BCUT2D eigenvalue weighted by Gasteiger charge is 2.33. The van der Waals surface area contributed by atoms with E-state index in [0.29, 0.717) is 0 Å². The van der Waals surface area contributed by atoms with Gasteiger partial charge in [0.1, 0.15) is 0 Å². The molecule has 0 aliphatic rings. The Morgan fingerprint density at radius 1 is 1.42 bits per heavy atom. The Morgan fingerprint density at radius 3 is 2.47 bits per heavy atom. The summed E-state index contributed by atoms with van der Waals surface area (Å²) in [6, 6.07) is 6.34. The van der Waals surface area contributed by atoms with E-state index >= 15 is 0 Å². The van der Waals surface area contributed by atoms with Crippen LogP contribution in [0.3, 0.4) is 0 Å². The fourth-order valence-corrected chi connectivity index (χ4v) is 3.10.